The van der Waals surface area contributed by atoms with Gasteiger partial charge in [0.25, 0.3) is 0 Å². The summed E-state index contributed by atoms with van der Waals surface area (Å²) in [5.41, 5.74) is 0. The van der Waals surface area contributed by atoms with Gasteiger partial charge in [-0.15, -0.1) is 0 Å². The minimum atomic E-state index is -0.437. The molecule has 0 saturated heterocycles. The van der Waals surface area contributed by atoms with E-state index in [1.807, 2.05) is 0 Å². The maximum Gasteiger partial charge on any atom is 0.225 e. The molecule has 1 rings (SSSR count). The normalized spacial score (nSPS) is 15.6. The first-order valence-electron chi connectivity index (χ1n) is 2.24. The van der Waals surface area contributed by atoms with Gasteiger partial charge in [-0.25, -0.2) is 0 Å². The monoisotopic (exact) mass is 147 g/mol. The van der Waals surface area contributed by atoms with Gasteiger partial charge in [-0.1, -0.05) is 12.2 Å². The van der Waals surface area contributed by atoms with Crippen LogP contribution in [-0.4, -0.2) is 63.0 Å². The van der Waals surface area contributed by atoms with Crippen molar-refractivity contribution in [3.8, 4) is 0 Å². The van der Waals surface area contributed by atoms with Gasteiger partial charge < -0.3 is 0 Å². The summed E-state index contributed by atoms with van der Waals surface area (Å²) in [4.78, 5) is 20.6. The quantitative estimate of drug-likeness (QED) is 0.272. The predicted molar refractivity (Wildman–Crippen MR) is 34.0 cm³/mol. The SMILES string of the molecule is O=C1C=CC=CC1=O.[K]. The fourth-order valence-electron chi connectivity index (χ4n) is 0.450. The fraction of sp³-hybridized carbons (Fsp3) is 0. The van der Waals surface area contributed by atoms with Crippen molar-refractivity contribution in [1.82, 2.24) is 0 Å². The predicted octanol–water partition coefficient (Wildman–Crippen LogP) is -0.130. The molecule has 0 amide bonds. The molecular formula is C6H4KO2. The Morgan fingerprint density at radius 3 is 1.44 bits per heavy atom. The van der Waals surface area contributed by atoms with Gasteiger partial charge in [-0.2, -0.15) is 0 Å². The molecule has 0 atom stereocenters. The van der Waals surface area contributed by atoms with Crippen LogP contribution >= 0.6 is 0 Å². The molecule has 0 spiro atoms. The Morgan fingerprint density at radius 1 is 0.889 bits per heavy atom. The summed E-state index contributed by atoms with van der Waals surface area (Å²) in [7, 11) is 0. The average molecular weight is 147 g/mol. The van der Waals surface area contributed by atoms with Gasteiger partial charge in [0.2, 0.25) is 11.6 Å². The molecule has 41 valence electrons. The third-order valence-electron chi connectivity index (χ3n) is 0.849. The van der Waals surface area contributed by atoms with Crippen molar-refractivity contribution in [2.24, 2.45) is 0 Å². The number of ketones is 2. The number of rotatable bonds is 0. The maximum atomic E-state index is 10.3. The van der Waals surface area contributed by atoms with Crippen LogP contribution in [0.15, 0.2) is 24.3 Å². The zero-order valence-corrected chi connectivity index (χ0v) is 8.25. The van der Waals surface area contributed by atoms with Crippen LogP contribution in [0.4, 0.5) is 0 Å². The summed E-state index contributed by atoms with van der Waals surface area (Å²) in [5, 5.41) is 0. The number of allylic oxidation sites excluding steroid dienone is 4. The second kappa shape index (κ2) is 4.30. The third kappa shape index (κ3) is 2.69. The smallest absolute Gasteiger partial charge is 0.225 e. The van der Waals surface area contributed by atoms with E-state index in [0.29, 0.717) is 0 Å². The van der Waals surface area contributed by atoms with Crippen molar-refractivity contribution in [2.75, 3.05) is 0 Å². The van der Waals surface area contributed by atoms with Crippen LogP contribution in [0.25, 0.3) is 0 Å². The Kier molecular flexibility index (Phi) is 4.52. The van der Waals surface area contributed by atoms with Gasteiger partial charge in [0.05, 0.1) is 0 Å². The van der Waals surface area contributed by atoms with E-state index in [0.717, 1.165) is 0 Å². The Labute approximate surface area is 95.4 Å². The molecule has 3 heteroatoms. The largest absolute Gasteiger partial charge is 0.286 e. The van der Waals surface area contributed by atoms with Crippen molar-refractivity contribution in [2.45, 2.75) is 0 Å². The minimum Gasteiger partial charge on any atom is -0.286 e. The first-order valence-corrected chi connectivity index (χ1v) is 2.24. The minimum absolute atomic E-state index is 0. The van der Waals surface area contributed by atoms with Crippen molar-refractivity contribution < 1.29 is 9.59 Å². The van der Waals surface area contributed by atoms with Crippen molar-refractivity contribution >= 4 is 63.0 Å². The van der Waals surface area contributed by atoms with Crippen LogP contribution in [0.5, 0.6) is 0 Å². The topological polar surface area (TPSA) is 34.1 Å². The van der Waals surface area contributed by atoms with E-state index >= 15 is 0 Å². The molecule has 1 aliphatic rings. The summed E-state index contributed by atoms with van der Waals surface area (Å²) in [6.45, 7) is 0. The van der Waals surface area contributed by atoms with Gasteiger partial charge in [0.15, 0.2) is 0 Å². The van der Waals surface area contributed by atoms with E-state index in [9.17, 15) is 9.59 Å². The maximum absolute atomic E-state index is 10.3. The summed E-state index contributed by atoms with van der Waals surface area (Å²) >= 11 is 0. The fourth-order valence-corrected chi connectivity index (χ4v) is 0.450. The van der Waals surface area contributed by atoms with Gasteiger partial charge in [0, 0.05) is 51.4 Å². The van der Waals surface area contributed by atoms with Crippen LogP contribution in [-0.2, 0) is 9.59 Å². The van der Waals surface area contributed by atoms with Crippen molar-refractivity contribution in [3.05, 3.63) is 24.3 Å². The van der Waals surface area contributed by atoms with Gasteiger partial charge in [0.1, 0.15) is 0 Å². The van der Waals surface area contributed by atoms with E-state index in [2.05, 4.69) is 0 Å². The molecule has 0 fully saturated rings. The van der Waals surface area contributed by atoms with Crippen LogP contribution in [0.2, 0.25) is 0 Å². The standard InChI is InChI=1S/C6H4O2.K/c7-5-3-1-2-4-6(5)8;/h1-4H;. The molecule has 9 heavy (non-hydrogen) atoms. The molecule has 0 aromatic carbocycles. The van der Waals surface area contributed by atoms with Gasteiger partial charge in [-0.05, 0) is 12.2 Å². The molecule has 0 aromatic rings. The summed E-state index contributed by atoms with van der Waals surface area (Å²) in [6, 6.07) is 0. The Morgan fingerprint density at radius 2 is 1.22 bits per heavy atom. The van der Waals surface area contributed by atoms with E-state index in [4.69, 9.17) is 0 Å². The molecule has 0 unspecified atom stereocenters. The molecular weight excluding hydrogens is 143 g/mol. The second-order valence-electron chi connectivity index (χ2n) is 1.45. The van der Waals surface area contributed by atoms with Gasteiger partial charge in [-0.3, -0.25) is 9.59 Å². The number of hydrogen-bond donors (Lipinski definition) is 0. The molecule has 1 aliphatic carbocycles. The van der Waals surface area contributed by atoms with E-state index in [1.54, 1.807) is 12.2 Å². The molecule has 0 N–H and O–H groups in total. The zero-order valence-electron chi connectivity index (χ0n) is 5.13. The third-order valence-corrected chi connectivity index (χ3v) is 0.849. The molecule has 0 heterocycles. The molecule has 0 saturated carbocycles. The Bertz CT molecular complexity index is 169. The van der Waals surface area contributed by atoms with Crippen LogP contribution in [0.3, 0.4) is 0 Å². The zero-order chi connectivity index (χ0) is 5.98. The molecule has 0 aromatic heterocycles. The first kappa shape index (κ1) is 9.46. The molecule has 1 radical (unpaired) electrons. The van der Waals surface area contributed by atoms with Crippen molar-refractivity contribution in [1.29, 1.82) is 0 Å². The molecule has 2 nitrogen and oxygen atoms in total. The van der Waals surface area contributed by atoms with Gasteiger partial charge >= 0.3 is 0 Å². The van der Waals surface area contributed by atoms with E-state index in [-0.39, 0.29) is 51.4 Å². The van der Waals surface area contributed by atoms with Crippen LogP contribution in [0, 0.1) is 0 Å². The molecule has 0 aliphatic heterocycles. The van der Waals surface area contributed by atoms with Crippen LogP contribution in [0.1, 0.15) is 0 Å². The Balaban J connectivity index is 0.000000640. The number of carbonyl (C=O) groups is 2. The van der Waals surface area contributed by atoms with Crippen molar-refractivity contribution in [3.63, 3.8) is 0 Å². The first-order chi connectivity index (χ1) is 3.80. The second-order valence-corrected chi connectivity index (χ2v) is 1.45. The number of carbonyl (C=O) groups excluding carboxylic acids is 2. The van der Waals surface area contributed by atoms with E-state index < -0.39 is 11.6 Å². The average Bonchev–Trinajstić information content (AvgIpc) is 1.77. The summed E-state index contributed by atoms with van der Waals surface area (Å²) in [6.07, 6.45) is 5.60. The van der Waals surface area contributed by atoms with E-state index in [1.165, 1.54) is 12.2 Å². The summed E-state index contributed by atoms with van der Waals surface area (Å²) in [5.74, 6) is -0.875. The summed E-state index contributed by atoms with van der Waals surface area (Å²) < 4.78 is 0. The molecule has 0 bridgehead atoms. The van der Waals surface area contributed by atoms with Crippen LogP contribution < -0.4 is 0 Å². The number of hydrogen-bond acceptors (Lipinski definition) is 2. The Hall–Kier alpha value is 0.456.